The molecule has 2 aromatic carbocycles. The van der Waals surface area contributed by atoms with Crippen LogP contribution >= 0.6 is 34.8 Å². The van der Waals surface area contributed by atoms with Crippen molar-refractivity contribution in [1.82, 2.24) is 10.6 Å². The van der Waals surface area contributed by atoms with Crippen LogP contribution in [0.2, 0.25) is 15.1 Å². The topological polar surface area (TPSA) is 41.1 Å². The van der Waals surface area contributed by atoms with E-state index in [0.29, 0.717) is 34.6 Å². The maximum absolute atomic E-state index is 11.8. The molecule has 2 N–H and O–H groups in total. The van der Waals surface area contributed by atoms with Crippen LogP contribution in [-0.2, 0) is 17.8 Å². The zero-order valence-electron chi connectivity index (χ0n) is 13.1. The molecule has 0 spiro atoms. The zero-order valence-corrected chi connectivity index (χ0v) is 15.4. The highest BCUT2D eigenvalue weighted by molar-refractivity contribution is 6.35. The summed E-state index contributed by atoms with van der Waals surface area (Å²) in [5, 5.41) is 8.06. The van der Waals surface area contributed by atoms with Gasteiger partial charge < -0.3 is 10.6 Å². The van der Waals surface area contributed by atoms with E-state index in [-0.39, 0.29) is 5.91 Å². The summed E-state index contributed by atoms with van der Waals surface area (Å²) in [5.41, 5.74) is 1.95. The predicted octanol–water partition coefficient (Wildman–Crippen LogP) is 4.49. The lowest BCUT2D eigenvalue weighted by Crippen LogP contribution is -2.28. The van der Waals surface area contributed by atoms with E-state index in [0.717, 1.165) is 24.1 Å². The van der Waals surface area contributed by atoms with Crippen molar-refractivity contribution in [2.24, 2.45) is 0 Å². The average molecular weight is 386 g/mol. The van der Waals surface area contributed by atoms with Crippen LogP contribution in [0.5, 0.6) is 0 Å². The maximum atomic E-state index is 11.8. The Morgan fingerprint density at radius 3 is 2.46 bits per heavy atom. The van der Waals surface area contributed by atoms with E-state index in [2.05, 4.69) is 10.6 Å². The van der Waals surface area contributed by atoms with Crippen molar-refractivity contribution in [2.45, 2.75) is 19.4 Å². The molecule has 128 valence electrons. The van der Waals surface area contributed by atoms with E-state index in [1.807, 2.05) is 36.4 Å². The number of halogens is 3. The van der Waals surface area contributed by atoms with Gasteiger partial charge in [-0.05, 0) is 42.3 Å². The predicted molar refractivity (Wildman–Crippen MR) is 101 cm³/mol. The molecule has 0 saturated carbocycles. The Hall–Kier alpha value is -1.26. The van der Waals surface area contributed by atoms with Gasteiger partial charge in [-0.2, -0.15) is 0 Å². The summed E-state index contributed by atoms with van der Waals surface area (Å²) < 4.78 is 0. The van der Waals surface area contributed by atoms with Crippen LogP contribution in [0.3, 0.4) is 0 Å². The number of carbonyl (C=O) groups excluding carboxylic acids is 1. The molecule has 0 aliphatic heterocycles. The van der Waals surface area contributed by atoms with Gasteiger partial charge in [0.05, 0.1) is 0 Å². The van der Waals surface area contributed by atoms with Crippen LogP contribution in [0.25, 0.3) is 0 Å². The number of amides is 1. The second-order valence-corrected chi connectivity index (χ2v) is 6.60. The van der Waals surface area contributed by atoms with Crippen molar-refractivity contribution >= 4 is 40.7 Å². The molecule has 0 heterocycles. The quantitative estimate of drug-likeness (QED) is 0.658. The van der Waals surface area contributed by atoms with E-state index in [4.69, 9.17) is 34.8 Å². The standard InChI is InChI=1S/C18H19Cl3N2O/c19-15-6-5-13(17(21)11-15)7-9-22-10-8-18(24)23-12-14-3-1-2-4-16(14)20/h1-6,11,22H,7-10,12H2,(H,23,24). The van der Waals surface area contributed by atoms with Crippen LogP contribution in [0, 0.1) is 0 Å². The second-order valence-electron chi connectivity index (χ2n) is 5.35. The van der Waals surface area contributed by atoms with E-state index in [1.165, 1.54) is 0 Å². The molecular weight excluding hydrogens is 367 g/mol. The lowest BCUT2D eigenvalue weighted by molar-refractivity contribution is -0.121. The van der Waals surface area contributed by atoms with Crippen LogP contribution in [0.15, 0.2) is 42.5 Å². The van der Waals surface area contributed by atoms with Crippen molar-refractivity contribution < 1.29 is 4.79 Å². The molecule has 2 aromatic rings. The highest BCUT2D eigenvalue weighted by Gasteiger charge is 2.04. The Balaban J connectivity index is 1.62. The minimum absolute atomic E-state index is 0.00746. The van der Waals surface area contributed by atoms with Gasteiger partial charge in [0.2, 0.25) is 5.91 Å². The molecule has 0 fully saturated rings. The normalized spacial score (nSPS) is 10.6. The Morgan fingerprint density at radius 1 is 0.917 bits per heavy atom. The number of hydrogen-bond acceptors (Lipinski definition) is 2. The van der Waals surface area contributed by atoms with Crippen molar-refractivity contribution in [3.63, 3.8) is 0 Å². The summed E-state index contributed by atoms with van der Waals surface area (Å²) in [6.07, 6.45) is 1.20. The molecule has 0 saturated heterocycles. The number of carbonyl (C=O) groups is 1. The maximum Gasteiger partial charge on any atom is 0.221 e. The molecule has 0 bridgehead atoms. The summed E-state index contributed by atoms with van der Waals surface area (Å²) >= 11 is 18.0. The van der Waals surface area contributed by atoms with Crippen molar-refractivity contribution in [3.8, 4) is 0 Å². The van der Waals surface area contributed by atoms with Gasteiger partial charge in [-0.15, -0.1) is 0 Å². The van der Waals surface area contributed by atoms with Gasteiger partial charge in [0.1, 0.15) is 0 Å². The van der Waals surface area contributed by atoms with E-state index in [1.54, 1.807) is 6.07 Å². The third-order valence-electron chi connectivity index (χ3n) is 3.55. The van der Waals surface area contributed by atoms with Crippen LogP contribution in [0.4, 0.5) is 0 Å². The summed E-state index contributed by atoms with van der Waals surface area (Å²) in [6.45, 7) is 1.80. The van der Waals surface area contributed by atoms with Gasteiger partial charge in [0, 0.05) is 34.6 Å². The molecule has 3 nitrogen and oxygen atoms in total. The Kier molecular flexibility index (Phi) is 7.86. The van der Waals surface area contributed by atoms with E-state index >= 15 is 0 Å². The highest BCUT2D eigenvalue weighted by Crippen LogP contribution is 2.21. The third-order valence-corrected chi connectivity index (χ3v) is 4.50. The van der Waals surface area contributed by atoms with Crippen molar-refractivity contribution in [3.05, 3.63) is 68.7 Å². The Morgan fingerprint density at radius 2 is 1.71 bits per heavy atom. The summed E-state index contributed by atoms with van der Waals surface area (Å²) in [7, 11) is 0. The monoisotopic (exact) mass is 384 g/mol. The number of nitrogens with one attached hydrogen (secondary N) is 2. The summed E-state index contributed by atoms with van der Waals surface area (Å²) in [5.74, 6) is -0.00746. The molecule has 0 aliphatic rings. The van der Waals surface area contributed by atoms with E-state index < -0.39 is 0 Å². The molecule has 0 atom stereocenters. The van der Waals surface area contributed by atoms with Crippen LogP contribution in [-0.4, -0.2) is 19.0 Å². The molecule has 1 amide bonds. The molecule has 0 aromatic heterocycles. The first-order valence-corrected chi connectivity index (χ1v) is 8.84. The molecule has 0 unspecified atom stereocenters. The number of hydrogen-bond donors (Lipinski definition) is 2. The lowest BCUT2D eigenvalue weighted by Gasteiger charge is -2.08. The van der Waals surface area contributed by atoms with Gasteiger partial charge in [-0.3, -0.25) is 4.79 Å². The van der Waals surface area contributed by atoms with Crippen LogP contribution < -0.4 is 10.6 Å². The molecule has 24 heavy (non-hydrogen) atoms. The fraction of sp³-hybridized carbons (Fsp3) is 0.278. The highest BCUT2D eigenvalue weighted by atomic mass is 35.5. The Bertz CT molecular complexity index is 692. The first-order chi connectivity index (χ1) is 11.6. The first-order valence-electron chi connectivity index (χ1n) is 7.71. The Labute approximate surface area is 157 Å². The SMILES string of the molecule is O=C(CCNCCc1ccc(Cl)cc1Cl)NCc1ccccc1Cl. The van der Waals surface area contributed by atoms with Crippen LogP contribution in [0.1, 0.15) is 17.5 Å². The van der Waals surface area contributed by atoms with Gasteiger partial charge >= 0.3 is 0 Å². The molecular formula is C18H19Cl3N2O. The molecule has 6 heteroatoms. The van der Waals surface area contributed by atoms with Gasteiger partial charge in [-0.25, -0.2) is 0 Å². The lowest BCUT2D eigenvalue weighted by atomic mass is 10.1. The van der Waals surface area contributed by atoms with Crippen molar-refractivity contribution in [2.75, 3.05) is 13.1 Å². The average Bonchev–Trinajstić information content (AvgIpc) is 2.55. The summed E-state index contributed by atoms with van der Waals surface area (Å²) in [6, 6.07) is 13.0. The van der Waals surface area contributed by atoms with Gasteiger partial charge in [-0.1, -0.05) is 59.1 Å². The molecule has 2 rings (SSSR count). The fourth-order valence-corrected chi connectivity index (χ4v) is 2.90. The van der Waals surface area contributed by atoms with Gasteiger partial charge in [0.25, 0.3) is 0 Å². The fourth-order valence-electron chi connectivity index (χ4n) is 2.20. The molecule has 0 aliphatic carbocycles. The summed E-state index contributed by atoms with van der Waals surface area (Å²) in [4.78, 5) is 11.8. The van der Waals surface area contributed by atoms with E-state index in [9.17, 15) is 4.79 Å². The minimum atomic E-state index is -0.00746. The smallest absolute Gasteiger partial charge is 0.221 e. The second kappa shape index (κ2) is 9.90. The zero-order chi connectivity index (χ0) is 17.4. The van der Waals surface area contributed by atoms with Gasteiger partial charge in [0.15, 0.2) is 0 Å². The first kappa shape index (κ1) is 19.1. The third kappa shape index (κ3) is 6.33. The molecule has 0 radical (unpaired) electrons. The number of benzene rings is 2. The largest absolute Gasteiger partial charge is 0.352 e. The number of rotatable bonds is 8. The van der Waals surface area contributed by atoms with Crippen molar-refractivity contribution in [1.29, 1.82) is 0 Å². The minimum Gasteiger partial charge on any atom is -0.352 e.